The molecule has 3 atom stereocenters. The Bertz CT molecular complexity index is 558. The van der Waals surface area contributed by atoms with Crippen LogP contribution in [-0.2, 0) is 6.42 Å². The fourth-order valence-electron chi connectivity index (χ4n) is 3.88. The molecule has 0 unspecified atom stereocenters. The number of benzene rings is 1. The summed E-state index contributed by atoms with van der Waals surface area (Å²) in [7, 11) is 0. The molecule has 0 spiro atoms. The van der Waals surface area contributed by atoms with Gasteiger partial charge in [-0.05, 0) is 23.5 Å². The quantitative estimate of drug-likeness (QED) is 0.925. The van der Waals surface area contributed by atoms with Crippen molar-refractivity contribution in [3.8, 4) is 6.07 Å². The van der Waals surface area contributed by atoms with E-state index in [0.29, 0.717) is 5.92 Å². The van der Waals surface area contributed by atoms with Crippen LogP contribution in [0.15, 0.2) is 24.3 Å². The van der Waals surface area contributed by atoms with Crippen LogP contribution in [0.1, 0.15) is 31.1 Å². The van der Waals surface area contributed by atoms with Crippen LogP contribution in [-0.4, -0.2) is 53.2 Å². The van der Waals surface area contributed by atoms with Crippen molar-refractivity contribution >= 4 is 0 Å². The molecule has 0 radical (unpaired) electrons. The van der Waals surface area contributed by atoms with E-state index in [1.54, 1.807) is 0 Å². The molecule has 1 fully saturated rings. The molecule has 0 bridgehead atoms. The Morgan fingerprint density at radius 1 is 1.18 bits per heavy atom. The molecule has 22 heavy (non-hydrogen) atoms. The molecule has 1 N–H and O–H groups in total. The predicted molar refractivity (Wildman–Crippen MR) is 86.3 cm³/mol. The van der Waals surface area contributed by atoms with Gasteiger partial charge >= 0.3 is 0 Å². The number of hydrogen-bond donors (Lipinski definition) is 1. The molecular weight excluding hydrogens is 274 g/mol. The van der Waals surface area contributed by atoms with Crippen molar-refractivity contribution in [3.05, 3.63) is 35.4 Å². The standard InChI is InChI=1S/C18H25N3O/c1-13(2)17(12-19)21-9-7-20(8-10-21)16-11-14-5-3-4-6-15(14)18(16)22/h3-6,13,16-18,22H,7-11H2,1-2H3/t16-,17+,18+/m1/s1. The lowest BCUT2D eigenvalue weighted by Crippen LogP contribution is -2.54. The van der Waals surface area contributed by atoms with Crippen molar-refractivity contribution in [2.45, 2.75) is 38.5 Å². The minimum Gasteiger partial charge on any atom is -0.387 e. The number of aliphatic hydroxyl groups excluding tert-OH is 1. The Labute approximate surface area is 133 Å². The van der Waals surface area contributed by atoms with E-state index in [1.807, 2.05) is 18.2 Å². The third-order valence-electron chi connectivity index (χ3n) is 5.14. The van der Waals surface area contributed by atoms with Crippen molar-refractivity contribution in [2.75, 3.05) is 26.2 Å². The molecule has 118 valence electrons. The molecule has 1 saturated heterocycles. The first-order chi connectivity index (χ1) is 10.6. The number of aliphatic hydroxyl groups is 1. The summed E-state index contributed by atoms with van der Waals surface area (Å²) in [6.07, 6.45) is 0.558. The Balaban J connectivity index is 1.63. The Morgan fingerprint density at radius 3 is 2.45 bits per heavy atom. The van der Waals surface area contributed by atoms with E-state index in [-0.39, 0.29) is 18.2 Å². The van der Waals surface area contributed by atoms with E-state index in [9.17, 15) is 10.4 Å². The molecule has 2 aliphatic rings. The molecule has 1 aliphatic carbocycles. The summed E-state index contributed by atoms with van der Waals surface area (Å²) in [6.45, 7) is 7.91. The summed E-state index contributed by atoms with van der Waals surface area (Å²) in [6, 6.07) is 10.9. The van der Waals surface area contributed by atoms with E-state index in [0.717, 1.165) is 38.2 Å². The number of nitriles is 1. The Morgan fingerprint density at radius 2 is 1.86 bits per heavy atom. The molecule has 1 aromatic carbocycles. The molecule has 3 rings (SSSR count). The number of piperazine rings is 1. The molecule has 4 nitrogen and oxygen atoms in total. The Kier molecular flexibility index (Phi) is 4.49. The van der Waals surface area contributed by atoms with Gasteiger partial charge in [0.1, 0.15) is 6.04 Å². The van der Waals surface area contributed by atoms with Crippen LogP contribution < -0.4 is 0 Å². The van der Waals surface area contributed by atoms with Crippen LogP contribution >= 0.6 is 0 Å². The van der Waals surface area contributed by atoms with Crippen molar-refractivity contribution in [1.29, 1.82) is 5.26 Å². The lowest BCUT2D eigenvalue weighted by Gasteiger charge is -2.41. The van der Waals surface area contributed by atoms with Gasteiger partial charge in [-0.3, -0.25) is 9.80 Å². The highest BCUT2D eigenvalue weighted by atomic mass is 16.3. The van der Waals surface area contributed by atoms with E-state index in [1.165, 1.54) is 5.56 Å². The maximum Gasteiger partial charge on any atom is 0.100 e. The third-order valence-corrected chi connectivity index (χ3v) is 5.14. The summed E-state index contributed by atoms with van der Waals surface area (Å²) in [4.78, 5) is 4.69. The van der Waals surface area contributed by atoms with Gasteiger partial charge in [-0.1, -0.05) is 38.1 Å². The van der Waals surface area contributed by atoms with Gasteiger partial charge in [0.15, 0.2) is 0 Å². The SMILES string of the molecule is CC(C)[C@H](C#N)N1CCN([C@@H]2Cc3ccccc3[C@@H]2O)CC1. The average Bonchev–Trinajstić information content (AvgIpc) is 2.86. The first-order valence-corrected chi connectivity index (χ1v) is 8.25. The summed E-state index contributed by atoms with van der Waals surface area (Å²) in [5.74, 6) is 0.359. The van der Waals surface area contributed by atoms with Gasteiger partial charge in [-0.25, -0.2) is 0 Å². The summed E-state index contributed by atoms with van der Waals surface area (Å²) in [5.41, 5.74) is 2.37. The van der Waals surface area contributed by atoms with Crippen LogP contribution in [0.2, 0.25) is 0 Å². The van der Waals surface area contributed by atoms with Crippen molar-refractivity contribution in [3.63, 3.8) is 0 Å². The maximum absolute atomic E-state index is 10.6. The first-order valence-electron chi connectivity index (χ1n) is 8.25. The molecule has 4 heteroatoms. The molecule has 0 aromatic heterocycles. The monoisotopic (exact) mass is 299 g/mol. The molecule has 1 aliphatic heterocycles. The number of hydrogen-bond acceptors (Lipinski definition) is 4. The zero-order chi connectivity index (χ0) is 15.7. The van der Waals surface area contributed by atoms with Gasteiger partial charge in [0.05, 0.1) is 12.2 Å². The molecule has 0 amide bonds. The van der Waals surface area contributed by atoms with E-state index < -0.39 is 0 Å². The van der Waals surface area contributed by atoms with Gasteiger partial charge in [0, 0.05) is 32.2 Å². The van der Waals surface area contributed by atoms with Crippen LogP contribution in [0.25, 0.3) is 0 Å². The average molecular weight is 299 g/mol. The van der Waals surface area contributed by atoms with Crippen LogP contribution in [0.4, 0.5) is 0 Å². The summed E-state index contributed by atoms with van der Waals surface area (Å²) >= 11 is 0. The zero-order valence-electron chi connectivity index (χ0n) is 13.4. The fraction of sp³-hybridized carbons (Fsp3) is 0.611. The second-order valence-corrected chi connectivity index (χ2v) is 6.81. The topological polar surface area (TPSA) is 50.5 Å². The lowest BCUT2D eigenvalue weighted by molar-refractivity contribution is 0.0179. The third kappa shape index (κ3) is 2.77. The molecule has 0 saturated carbocycles. The lowest BCUT2D eigenvalue weighted by atomic mass is 10.0. The van der Waals surface area contributed by atoms with Gasteiger partial charge < -0.3 is 5.11 Å². The zero-order valence-corrected chi connectivity index (χ0v) is 13.4. The second-order valence-electron chi connectivity index (χ2n) is 6.81. The highest BCUT2D eigenvalue weighted by Gasteiger charge is 2.37. The first kappa shape index (κ1) is 15.5. The van der Waals surface area contributed by atoms with Crippen molar-refractivity contribution in [2.24, 2.45) is 5.92 Å². The van der Waals surface area contributed by atoms with Gasteiger partial charge in [-0.2, -0.15) is 5.26 Å². The second kappa shape index (κ2) is 6.37. The molecule has 1 aromatic rings. The number of rotatable bonds is 3. The van der Waals surface area contributed by atoms with E-state index in [2.05, 4.69) is 35.8 Å². The van der Waals surface area contributed by atoms with Gasteiger partial charge in [-0.15, -0.1) is 0 Å². The molecule has 1 heterocycles. The minimum atomic E-state index is -0.375. The highest BCUT2D eigenvalue weighted by Crippen LogP contribution is 2.34. The van der Waals surface area contributed by atoms with Crippen molar-refractivity contribution < 1.29 is 5.11 Å². The predicted octanol–water partition coefficient (Wildman–Crippen LogP) is 1.81. The van der Waals surface area contributed by atoms with E-state index >= 15 is 0 Å². The molecular formula is C18H25N3O. The number of fused-ring (bicyclic) bond motifs is 1. The van der Waals surface area contributed by atoms with Crippen LogP contribution in [0, 0.1) is 17.2 Å². The largest absolute Gasteiger partial charge is 0.387 e. The maximum atomic E-state index is 10.6. The summed E-state index contributed by atoms with van der Waals surface area (Å²) in [5, 5.41) is 19.9. The van der Waals surface area contributed by atoms with E-state index in [4.69, 9.17) is 0 Å². The minimum absolute atomic E-state index is 0.00727. The van der Waals surface area contributed by atoms with Crippen LogP contribution in [0.3, 0.4) is 0 Å². The van der Waals surface area contributed by atoms with Crippen LogP contribution in [0.5, 0.6) is 0 Å². The smallest absolute Gasteiger partial charge is 0.100 e. The highest BCUT2D eigenvalue weighted by molar-refractivity contribution is 5.36. The summed E-state index contributed by atoms with van der Waals surface area (Å²) < 4.78 is 0. The van der Waals surface area contributed by atoms with Gasteiger partial charge in [0.2, 0.25) is 0 Å². The Hall–Kier alpha value is -1.41. The van der Waals surface area contributed by atoms with Crippen molar-refractivity contribution in [1.82, 2.24) is 9.80 Å². The number of nitrogens with zero attached hydrogens (tertiary/aromatic N) is 3. The fourth-order valence-corrected chi connectivity index (χ4v) is 3.88. The van der Waals surface area contributed by atoms with Gasteiger partial charge in [0.25, 0.3) is 0 Å². The normalized spacial score (nSPS) is 27.6.